The molecular weight excluding hydrogens is 308 g/mol. The quantitative estimate of drug-likeness (QED) is 0.942. The van der Waals surface area contributed by atoms with Crippen molar-refractivity contribution in [3.05, 3.63) is 64.7 Å². The van der Waals surface area contributed by atoms with Crippen LogP contribution in [0.1, 0.15) is 5.56 Å². The molecule has 0 saturated heterocycles. The van der Waals surface area contributed by atoms with Crippen LogP contribution in [-0.4, -0.2) is 8.42 Å². The predicted molar refractivity (Wildman–Crippen MR) is 71.8 cm³/mol. The summed E-state index contributed by atoms with van der Waals surface area (Å²) in [7, 11) is -4.07. The first-order valence-corrected chi connectivity index (χ1v) is 7.45. The summed E-state index contributed by atoms with van der Waals surface area (Å²) in [5, 5.41) is 0.0984. The summed E-state index contributed by atoms with van der Waals surface area (Å²) >= 11 is 5.79. The van der Waals surface area contributed by atoms with E-state index in [1.54, 1.807) is 0 Å². The lowest BCUT2D eigenvalue weighted by Gasteiger charge is -2.09. The molecule has 0 unspecified atom stereocenters. The van der Waals surface area contributed by atoms with E-state index in [4.69, 9.17) is 11.6 Å². The SMILES string of the molecule is O=S(=O)(NCc1c(F)cccc1Cl)c1ccccc1F. The minimum absolute atomic E-state index is 0.00841. The van der Waals surface area contributed by atoms with Crippen LogP contribution in [0.4, 0.5) is 8.78 Å². The summed E-state index contributed by atoms with van der Waals surface area (Å²) in [6, 6.07) is 8.95. The molecule has 2 rings (SSSR count). The number of rotatable bonds is 4. The summed E-state index contributed by atoms with van der Waals surface area (Å²) in [4.78, 5) is -0.493. The monoisotopic (exact) mass is 317 g/mol. The zero-order chi connectivity index (χ0) is 14.8. The largest absolute Gasteiger partial charge is 0.243 e. The van der Waals surface area contributed by atoms with Crippen LogP contribution < -0.4 is 4.72 Å². The molecule has 20 heavy (non-hydrogen) atoms. The van der Waals surface area contributed by atoms with Gasteiger partial charge in [-0.05, 0) is 24.3 Å². The van der Waals surface area contributed by atoms with Gasteiger partial charge >= 0.3 is 0 Å². The van der Waals surface area contributed by atoms with Gasteiger partial charge in [-0.25, -0.2) is 21.9 Å². The van der Waals surface area contributed by atoms with E-state index in [1.807, 2.05) is 0 Å². The third kappa shape index (κ3) is 3.15. The molecule has 0 fully saturated rings. The summed E-state index contributed by atoms with van der Waals surface area (Å²) in [6.07, 6.45) is 0. The highest BCUT2D eigenvalue weighted by Crippen LogP contribution is 2.20. The molecule has 0 aromatic heterocycles. The van der Waals surface area contributed by atoms with E-state index in [9.17, 15) is 17.2 Å². The Morgan fingerprint density at radius 1 is 1.00 bits per heavy atom. The van der Waals surface area contributed by atoms with Crippen LogP contribution in [0.25, 0.3) is 0 Å². The van der Waals surface area contributed by atoms with Crippen molar-refractivity contribution in [2.75, 3.05) is 0 Å². The van der Waals surface area contributed by atoms with Crippen molar-refractivity contribution < 1.29 is 17.2 Å². The second-order valence-electron chi connectivity index (χ2n) is 3.96. The molecule has 0 radical (unpaired) electrons. The zero-order valence-electron chi connectivity index (χ0n) is 10.1. The van der Waals surface area contributed by atoms with Crippen LogP contribution in [0.3, 0.4) is 0 Å². The van der Waals surface area contributed by atoms with Crippen LogP contribution in [-0.2, 0) is 16.6 Å². The van der Waals surface area contributed by atoms with Gasteiger partial charge in [-0.2, -0.15) is 0 Å². The Bertz CT molecular complexity index is 715. The number of halogens is 3. The first-order valence-electron chi connectivity index (χ1n) is 5.59. The Labute approximate surface area is 120 Å². The molecule has 2 aromatic carbocycles. The second kappa shape index (κ2) is 5.87. The van der Waals surface area contributed by atoms with Crippen molar-refractivity contribution in [2.24, 2.45) is 0 Å². The topological polar surface area (TPSA) is 46.2 Å². The van der Waals surface area contributed by atoms with Gasteiger partial charge in [0, 0.05) is 17.1 Å². The number of hydrogen-bond acceptors (Lipinski definition) is 2. The zero-order valence-corrected chi connectivity index (χ0v) is 11.7. The minimum atomic E-state index is -4.07. The summed E-state index contributed by atoms with van der Waals surface area (Å²) < 4.78 is 53.0. The van der Waals surface area contributed by atoms with Gasteiger partial charge in [0.25, 0.3) is 0 Å². The number of nitrogens with one attached hydrogen (secondary N) is 1. The van der Waals surface area contributed by atoms with Gasteiger partial charge < -0.3 is 0 Å². The Balaban J connectivity index is 2.25. The van der Waals surface area contributed by atoms with Gasteiger partial charge in [0.05, 0.1) is 0 Å². The molecule has 0 aliphatic heterocycles. The maximum atomic E-state index is 13.5. The molecule has 0 saturated carbocycles. The molecule has 2 aromatic rings. The number of sulfonamides is 1. The Morgan fingerprint density at radius 3 is 2.30 bits per heavy atom. The van der Waals surface area contributed by atoms with Crippen LogP contribution in [0.5, 0.6) is 0 Å². The Morgan fingerprint density at radius 2 is 1.65 bits per heavy atom. The highest BCUT2D eigenvalue weighted by Gasteiger charge is 2.19. The van der Waals surface area contributed by atoms with Crippen LogP contribution in [0.2, 0.25) is 5.02 Å². The molecule has 0 atom stereocenters. The third-order valence-corrected chi connectivity index (χ3v) is 4.42. The van der Waals surface area contributed by atoms with Gasteiger partial charge in [0.15, 0.2) is 0 Å². The van der Waals surface area contributed by atoms with Crippen molar-refractivity contribution in [1.82, 2.24) is 4.72 Å². The fraction of sp³-hybridized carbons (Fsp3) is 0.0769. The highest BCUT2D eigenvalue weighted by atomic mass is 35.5. The lowest BCUT2D eigenvalue weighted by molar-refractivity contribution is 0.554. The van der Waals surface area contributed by atoms with E-state index in [0.29, 0.717) is 0 Å². The first kappa shape index (κ1) is 14.9. The maximum Gasteiger partial charge on any atom is 0.243 e. The normalized spacial score (nSPS) is 11.6. The Hall–Kier alpha value is -1.50. The fourth-order valence-corrected chi connectivity index (χ4v) is 2.91. The fourth-order valence-electron chi connectivity index (χ4n) is 1.61. The van der Waals surface area contributed by atoms with E-state index < -0.39 is 26.6 Å². The molecule has 0 aliphatic rings. The standard InChI is InChI=1S/C13H10ClF2NO2S/c14-10-4-3-6-11(15)9(10)8-17-20(18,19)13-7-2-1-5-12(13)16/h1-7,17H,8H2. The lowest BCUT2D eigenvalue weighted by atomic mass is 10.2. The maximum absolute atomic E-state index is 13.5. The first-order chi connectivity index (χ1) is 9.42. The minimum Gasteiger partial charge on any atom is -0.207 e. The van der Waals surface area contributed by atoms with Gasteiger partial charge in [-0.3, -0.25) is 0 Å². The second-order valence-corrected chi connectivity index (χ2v) is 6.10. The molecule has 0 spiro atoms. The molecule has 106 valence electrons. The molecule has 0 heterocycles. The molecule has 0 amide bonds. The van der Waals surface area contributed by atoms with Crippen LogP contribution in [0, 0.1) is 11.6 Å². The van der Waals surface area contributed by atoms with Gasteiger partial charge in [0.1, 0.15) is 16.5 Å². The van der Waals surface area contributed by atoms with E-state index in [2.05, 4.69) is 4.72 Å². The van der Waals surface area contributed by atoms with E-state index in [1.165, 1.54) is 30.3 Å². The van der Waals surface area contributed by atoms with Gasteiger partial charge in [-0.1, -0.05) is 29.8 Å². The van der Waals surface area contributed by atoms with Gasteiger partial charge in [-0.15, -0.1) is 0 Å². The van der Waals surface area contributed by atoms with Crippen LogP contribution >= 0.6 is 11.6 Å². The average Bonchev–Trinajstić information content (AvgIpc) is 2.38. The van der Waals surface area contributed by atoms with Crippen molar-refractivity contribution >= 4 is 21.6 Å². The molecule has 0 aliphatic carbocycles. The summed E-state index contributed by atoms with van der Waals surface area (Å²) in [5.74, 6) is -1.51. The number of benzene rings is 2. The van der Waals surface area contributed by atoms with Crippen LogP contribution in [0.15, 0.2) is 47.4 Å². The molecular formula is C13H10ClF2NO2S. The lowest BCUT2D eigenvalue weighted by Crippen LogP contribution is -2.24. The molecule has 0 bridgehead atoms. The van der Waals surface area contributed by atoms with E-state index in [0.717, 1.165) is 12.1 Å². The predicted octanol–water partition coefficient (Wildman–Crippen LogP) is 3.10. The van der Waals surface area contributed by atoms with Crippen molar-refractivity contribution in [1.29, 1.82) is 0 Å². The highest BCUT2D eigenvalue weighted by molar-refractivity contribution is 7.89. The van der Waals surface area contributed by atoms with E-state index >= 15 is 0 Å². The molecule has 1 N–H and O–H groups in total. The Kier molecular flexibility index (Phi) is 4.37. The summed E-state index contributed by atoms with van der Waals surface area (Å²) in [6.45, 7) is -0.359. The van der Waals surface area contributed by atoms with Gasteiger partial charge in [0.2, 0.25) is 10.0 Å². The molecule has 7 heteroatoms. The van der Waals surface area contributed by atoms with Crippen molar-refractivity contribution in [2.45, 2.75) is 11.4 Å². The van der Waals surface area contributed by atoms with E-state index in [-0.39, 0.29) is 17.1 Å². The van der Waals surface area contributed by atoms with Crippen molar-refractivity contribution in [3.63, 3.8) is 0 Å². The number of hydrogen-bond donors (Lipinski definition) is 1. The smallest absolute Gasteiger partial charge is 0.207 e. The van der Waals surface area contributed by atoms with Crippen molar-refractivity contribution in [3.8, 4) is 0 Å². The average molecular weight is 318 g/mol. The molecule has 3 nitrogen and oxygen atoms in total. The summed E-state index contributed by atoms with van der Waals surface area (Å²) in [5.41, 5.74) is 0.00841. The third-order valence-electron chi connectivity index (χ3n) is 2.63.